The van der Waals surface area contributed by atoms with Gasteiger partial charge in [0.1, 0.15) is 5.82 Å². The normalized spacial score (nSPS) is 15.7. The Morgan fingerprint density at radius 2 is 2.10 bits per heavy atom. The molecule has 2 rings (SSSR count). The molecule has 5 heteroatoms. The van der Waals surface area contributed by atoms with Crippen LogP contribution in [-0.4, -0.2) is 55.5 Å². The predicted octanol–water partition coefficient (Wildman–Crippen LogP) is 0.998. The molecular weight excluding hydrogens is 257 g/mol. The molecule has 1 aliphatic rings. The van der Waals surface area contributed by atoms with Crippen LogP contribution in [-0.2, 0) is 11.3 Å². The van der Waals surface area contributed by atoms with Gasteiger partial charge >= 0.3 is 0 Å². The fourth-order valence-corrected chi connectivity index (χ4v) is 2.35. The molecule has 1 aromatic carbocycles. The van der Waals surface area contributed by atoms with Gasteiger partial charge in [0.05, 0.1) is 6.54 Å². The number of nitrogens with zero attached hydrogens (tertiary/aromatic N) is 2. The number of halogens is 1. The minimum Gasteiger partial charge on any atom is -0.339 e. The molecule has 0 unspecified atom stereocenters. The molecule has 20 heavy (non-hydrogen) atoms. The predicted molar refractivity (Wildman–Crippen MR) is 76.9 cm³/mol. The van der Waals surface area contributed by atoms with Gasteiger partial charge in [0.15, 0.2) is 0 Å². The second-order valence-corrected chi connectivity index (χ2v) is 5.39. The number of nitrogens with one attached hydrogen (secondary N) is 1. The quantitative estimate of drug-likeness (QED) is 0.893. The van der Waals surface area contributed by atoms with E-state index in [2.05, 4.69) is 5.32 Å². The van der Waals surface area contributed by atoms with Crippen molar-refractivity contribution in [2.45, 2.75) is 13.5 Å². The summed E-state index contributed by atoms with van der Waals surface area (Å²) < 4.78 is 13.5. The molecule has 1 heterocycles. The third-order valence-corrected chi connectivity index (χ3v) is 3.56. The van der Waals surface area contributed by atoms with Crippen molar-refractivity contribution in [2.75, 3.05) is 39.8 Å². The second kappa shape index (κ2) is 6.81. The van der Waals surface area contributed by atoms with Crippen LogP contribution in [0.1, 0.15) is 11.1 Å². The topological polar surface area (TPSA) is 35.6 Å². The monoisotopic (exact) mass is 279 g/mol. The number of hydrogen-bond donors (Lipinski definition) is 1. The van der Waals surface area contributed by atoms with Crippen LogP contribution in [0.15, 0.2) is 18.2 Å². The Kier molecular flexibility index (Phi) is 5.09. The molecule has 0 aromatic heterocycles. The van der Waals surface area contributed by atoms with E-state index in [1.165, 1.54) is 0 Å². The molecule has 0 aliphatic carbocycles. The molecule has 0 radical (unpaired) electrons. The van der Waals surface area contributed by atoms with E-state index in [0.29, 0.717) is 18.7 Å². The fourth-order valence-electron chi connectivity index (χ4n) is 2.35. The van der Waals surface area contributed by atoms with Crippen molar-refractivity contribution in [2.24, 2.45) is 0 Å². The van der Waals surface area contributed by atoms with Gasteiger partial charge in [0.2, 0.25) is 5.91 Å². The summed E-state index contributed by atoms with van der Waals surface area (Å²) in [6.45, 7) is 5.95. The molecular formula is C15H22FN3O. The summed E-state index contributed by atoms with van der Waals surface area (Å²) in [5.74, 6) is -0.0501. The van der Waals surface area contributed by atoms with E-state index in [0.717, 1.165) is 31.7 Å². The molecule has 1 N–H and O–H groups in total. The van der Waals surface area contributed by atoms with Crippen LogP contribution in [0.5, 0.6) is 0 Å². The average molecular weight is 279 g/mol. The minimum atomic E-state index is -0.190. The van der Waals surface area contributed by atoms with E-state index in [4.69, 9.17) is 0 Å². The summed E-state index contributed by atoms with van der Waals surface area (Å²) in [5, 5.41) is 3.23. The number of likely N-dealkylation sites (N-methyl/N-ethyl adjacent to an activating group) is 1. The number of aryl methyl sites for hydroxylation is 1. The molecule has 1 aliphatic heterocycles. The lowest BCUT2D eigenvalue weighted by atomic mass is 10.1. The van der Waals surface area contributed by atoms with Crippen molar-refractivity contribution in [1.82, 2.24) is 15.1 Å². The number of piperazine rings is 1. The van der Waals surface area contributed by atoms with E-state index in [9.17, 15) is 9.18 Å². The highest BCUT2D eigenvalue weighted by Crippen LogP contribution is 2.11. The Labute approximate surface area is 119 Å². The van der Waals surface area contributed by atoms with Crippen molar-refractivity contribution in [1.29, 1.82) is 0 Å². The minimum absolute atomic E-state index is 0.140. The van der Waals surface area contributed by atoms with Crippen LogP contribution in [0.25, 0.3) is 0 Å². The molecule has 110 valence electrons. The van der Waals surface area contributed by atoms with Gasteiger partial charge in [-0.2, -0.15) is 0 Å². The second-order valence-electron chi connectivity index (χ2n) is 5.39. The number of hydrogen-bond acceptors (Lipinski definition) is 3. The van der Waals surface area contributed by atoms with E-state index in [1.807, 2.05) is 22.9 Å². The van der Waals surface area contributed by atoms with Crippen LogP contribution >= 0.6 is 0 Å². The van der Waals surface area contributed by atoms with Crippen LogP contribution in [0.3, 0.4) is 0 Å². The lowest BCUT2D eigenvalue weighted by Crippen LogP contribution is -2.49. The first kappa shape index (κ1) is 14.9. The van der Waals surface area contributed by atoms with Gasteiger partial charge < -0.3 is 10.2 Å². The first-order valence-corrected chi connectivity index (χ1v) is 6.98. The van der Waals surface area contributed by atoms with E-state index in [-0.39, 0.29) is 11.7 Å². The molecule has 0 bridgehead atoms. The van der Waals surface area contributed by atoms with Crippen molar-refractivity contribution in [3.05, 3.63) is 35.1 Å². The van der Waals surface area contributed by atoms with Gasteiger partial charge in [0.25, 0.3) is 0 Å². The summed E-state index contributed by atoms with van der Waals surface area (Å²) in [4.78, 5) is 15.9. The van der Waals surface area contributed by atoms with Crippen LogP contribution < -0.4 is 5.32 Å². The summed E-state index contributed by atoms with van der Waals surface area (Å²) in [5.41, 5.74) is 1.54. The molecule has 1 aromatic rings. The zero-order valence-corrected chi connectivity index (χ0v) is 12.2. The van der Waals surface area contributed by atoms with Crippen LogP contribution in [0.4, 0.5) is 4.39 Å². The first-order valence-electron chi connectivity index (χ1n) is 6.98. The summed E-state index contributed by atoms with van der Waals surface area (Å²) in [7, 11) is 1.89. The van der Waals surface area contributed by atoms with E-state index < -0.39 is 0 Å². The van der Waals surface area contributed by atoms with Gasteiger partial charge in [-0.15, -0.1) is 0 Å². The zero-order valence-electron chi connectivity index (χ0n) is 12.2. The Balaban J connectivity index is 1.86. The van der Waals surface area contributed by atoms with Crippen molar-refractivity contribution < 1.29 is 9.18 Å². The highest BCUT2D eigenvalue weighted by atomic mass is 19.1. The molecule has 1 fully saturated rings. The highest BCUT2D eigenvalue weighted by molar-refractivity contribution is 5.78. The Hall–Kier alpha value is -1.46. The zero-order chi connectivity index (χ0) is 14.5. The van der Waals surface area contributed by atoms with E-state index >= 15 is 0 Å². The van der Waals surface area contributed by atoms with Gasteiger partial charge in [-0.05, 0) is 31.2 Å². The number of benzene rings is 1. The molecule has 0 atom stereocenters. The molecule has 0 spiro atoms. The SMILES string of the molecule is Cc1ccc(CN(C)CC(=O)N2CCNCC2)cc1F. The first-order chi connectivity index (χ1) is 9.56. The molecule has 1 amide bonds. The summed E-state index contributed by atoms with van der Waals surface area (Å²) in [6, 6.07) is 5.22. The molecule has 1 saturated heterocycles. The maximum Gasteiger partial charge on any atom is 0.236 e. The Morgan fingerprint density at radius 3 is 2.75 bits per heavy atom. The Morgan fingerprint density at radius 1 is 1.40 bits per heavy atom. The highest BCUT2D eigenvalue weighted by Gasteiger charge is 2.17. The molecule has 0 saturated carbocycles. The van der Waals surface area contributed by atoms with Crippen molar-refractivity contribution >= 4 is 5.91 Å². The smallest absolute Gasteiger partial charge is 0.236 e. The number of carbonyl (C=O) groups is 1. The Bertz CT molecular complexity index is 472. The summed E-state index contributed by atoms with van der Waals surface area (Å²) >= 11 is 0. The number of amides is 1. The maximum atomic E-state index is 13.5. The standard InChI is InChI=1S/C15H22FN3O/c1-12-3-4-13(9-14(12)16)10-18(2)11-15(20)19-7-5-17-6-8-19/h3-4,9,17H,5-8,10-11H2,1-2H3. The van der Waals surface area contributed by atoms with Gasteiger partial charge in [-0.1, -0.05) is 12.1 Å². The van der Waals surface area contributed by atoms with E-state index in [1.54, 1.807) is 19.1 Å². The van der Waals surface area contributed by atoms with Gasteiger partial charge in [0, 0.05) is 32.7 Å². The van der Waals surface area contributed by atoms with Crippen molar-refractivity contribution in [3.8, 4) is 0 Å². The lowest BCUT2D eigenvalue weighted by Gasteiger charge is -2.29. The largest absolute Gasteiger partial charge is 0.339 e. The lowest BCUT2D eigenvalue weighted by molar-refractivity contribution is -0.132. The number of rotatable bonds is 4. The van der Waals surface area contributed by atoms with Gasteiger partial charge in [-0.25, -0.2) is 4.39 Å². The average Bonchev–Trinajstić information content (AvgIpc) is 2.44. The fraction of sp³-hybridized carbons (Fsp3) is 0.533. The van der Waals surface area contributed by atoms with Crippen LogP contribution in [0.2, 0.25) is 0 Å². The third-order valence-electron chi connectivity index (χ3n) is 3.56. The van der Waals surface area contributed by atoms with Gasteiger partial charge in [-0.3, -0.25) is 9.69 Å². The number of carbonyl (C=O) groups excluding carboxylic acids is 1. The third kappa shape index (κ3) is 4.02. The summed E-state index contributed by atoms with van der Waals surface area (Å²) in [6.07, 6.45) is 0. The maximum absolute atomic E-state index is 13.5. The van der Waals surface area contributed by atoms with Crippen LogP contribution in [0, 0.1) is 12.7 Å². The molecule has 4 nitrogen and oxygen atoms in total. The van der Waals surface area contributed by atoms with Crippen molar-refractivity contribution in [3.63, 3.8) is 0 Å².